The van der Waals surface area contributed by atoms with Crippen LogP contribution in [0.5, 0.6) is 23.0 Å². The van der Waals surface area contributed by atoms with Crippen molar-refractivity contribution in [2.75, 3.05) is 28.4 Å². The molecule has 0 bridgehead atoms. The van der Waals surface area contributed by atoms with Gasteiger partial charge in [0, 0.05) is 23.3 Å². The van der Waals surface area contributed by atoms with Crippen LogP contribution in [0.25, 0.3) is 6.08 Å². The number of carbonyl (C=O) groups excluding carboxylic acids is 1. The second kappa shape index (κ2) is 9.36. The second-order valence-corrected chi connectivity index (χ2v) is 5.20. The van der Waals surface area contributed by atoms with Crippen LogP contribution in [0.2, 0.25) is 0 Å². The fourth-order valence-corrected chi connectivity index (χ4v) is 2.36. The normalized spacial score (nSPS) is 10.5. The Bertz CT molecular complexity index is 782. The van der Waals surface area contributed by atoms with Crippen LogP contribution in [0.1, 0.15) is 11.1 Å². The SMILES string of the molecule is COc1cc(OC)c(OC)cc1/C=C/C(=O)OCc1ccccc1OC. The zero-order chi connectivity index (χ0) is 18.9. The molecule has 0 saturated heterocycles. The third-order valence-electron chi connectivity index (χ3n) is 3.70. The van der Waals surface area contributed by atoms with Gasteiger partial charge in [-0.25, -0.2) is 4.79 Å². The summed E-state index contributed by atoms with van der Waals surface area (Å²) in [5.74, 6) is 1.82. The van der Waals surface area contributed by atoms with Gasteiger partial charge < -0.3 is 23.7 Å². The molecule has 0 aromatic heterocycles. The van der Waals surface area contributed by atoms with Gasteiger partial charge in [-0.15, -0.1) is 0 Å². The standard InChI is InChI=1S/C20H22O6/c1-22-16-8-6-5-7-15(16)13-26-20(21)10-9-14-11-18(24-3)19(25-4)12-17(14)23-2/h5-12H,13H2,1-4H3/b10-9+. The zero-order valence-electron chi connectivity index (χ0n) is 15.3. The maximum Gasteiger partial charge on any atom is 0.331 e. The van der Waals surface area contributed by atoms with E-state index in [0.717, 1.165) is 5.56 Å². The number of carbonyl (C=O) groups is 1. The van der Waals surface area contributed by atoms with Gasteiger partial charge in [-0.2, -0.15) is 0 Å². The van der Waals surface area contributed by atoms with E-state index in [0.29, 0.717) is 28.6 Å². The number of benzene rings is 2. The van der Waals surface area contributed by atoms with Crippen molar-refractivity contribution in [2.45, 2.75) is 6.61 Å². The Morgan fingerprint density at radius 1 is 0.846 bits per heavy atom. The molecule has 0 fully saturated rings. The fourth-order valence-electron chi connectivity index (χ4n) is 2.36. The lowest BCUT2D eigenvalue weighted by molar-refractivity contribution is -0.138. The summed E-state index contributed by atoms with van der Waals surface area (Å²) in [4.78, 5) is 12.0. The van der Waals surface area contributed by atoms with E-state index in [-0.39, 0.29) is 6.61 Å². The summed E-state index contributed by atoms with van der Waals surface area (Å²) in [7, 11) is 6.20. The van der Waals surface area contributed by atoms with Gasteiger partial charge in [0.1, 0.15) is 18.1 Å². The van der Waals surface area contributed by atoms with E-state index >= 15 is 0 Å². The van der Waals surface area contributed by atoms with E-state index in [1.165, 1.54) is 6.08 Å². The van der Waals surface area contributed by atoms with Crippen LogP contribution < -0.4 is 18.9 Å². The highest BCUT2D eigenvalue weighted by molar-refractivity contribution is 5.87. The van der Waals surface area contributed by atoms with E-state index in [4.69, 9.17) is 23.7 Å². The van der Waals surface area contributed by atoms with Gasteiger partial charge in [0.15, 0.2) is 11.5 Å². The highest BCUT2D eigenvalue weighted by atomic mass is 16.5. The molecule has 26 heavy (non-hydrogen) atoms. The molecule has 2 rings (SSSR count). The molecule has 0 aliphatic heterocycles. The molecule has 2 aromatic rings. The molecule has 0 aliphatic rings. The van der Waals surface area contributed by atoms with Gasteiger partial charge in [-0.3, -0.25) is 0 Å². The molecule has 0 unspecified atom stereocenters. The Morgan fingerprint density at radius 3 is 2.12 bits per heavy atom. The largest absolute Gasteiger partial charge is 0.496 e. The van der Waals surface area contributed by atoms with Crippen LogP contribution in [0.15, 0.2) is 42.5 Å². The maximum absolute atomic E-state index is 12.0. The first-order valence-corrected chi connectivity index (χ1v) is 7.89. The smallest absolute Gasteiger partial charge is 0.331 e. The zero-order valence-corrected chi connectivity index (χ0v) is 15.3. The van der Waals surface area contributed by atoms with Gasteiger partial charge in [-0.05, 0) is 18.2 Å². The number of rotatable bonds is 8. The molecular weight excluding hydrogens is 336 g/mol. The molecule has 0 amide bonds. The van der Waals surface area contributed by atoms with E-state index in [1.807, 2.05) is 24.3 Å². The molecule has 0 saturated carbocycles. The Kier molecular flexibility index (Phi) is 6.91. The van der Waals surface area contributed by atoms with Crippen LogP contribution in [0, 0.1) is 0 Å². The lowest BCUT2D eigenvalue weighted by Gasteiger charge is -2.12. The van der Waals surface area contributed by atoms with Crippen molar-refractivity contribution in [3.05, 3.63) is 53.6 Å². The molecule has 6 heteroatoms. The van der Waals surface area contributed by atoms with Crippen molar-refractivity contribution in [3.8, 4) is 23.0 Å². The van der Waals surface area contributed by atoms with Crippen molar-refractivity contribution >= 4 is 12.0 Å². The van der Waals surface area contributed by atoms with Crippen molar-refractivity contribution in [1.29, 1.82) is 0 Å². The average Bonchev–Trinajstić information content (AvgIpc) is 2.69. The van der Waals surface area contributed by atoms with E-state index in [9.17, 15) is 4.79 Å². The Morgan fingerprint density at radius 2 is 1.46 bits per heavy atom. The quantitative estimate of drug-likeness (QED) is 0.532. The molecule has 2 aromatic carbocycles. The topological polar surface area (TPSA) is 63.2 Å². The minimum absolute atomic E-state index is 0.121. The highest BCUT2D eigenvalue weighted by Gasteiger charge is 2.11. The van der Waals surface area contributed by atoms with Crippen molar-refractivity contribution < 1.29 is 28.5 Å². The van der Waals surface area contributed by atoms with Crippen LogP contribution >= 0.6 is 0 Å². The summed E-state index contributed by atoms with van der Waals surface area (Å²) >= 11 is 0. The summed E-state index contributed by atoms with van der Waals surface area (Å²) in [5, 5.41) is 0. The predicted molar refractivity (Wildman–Crippen MR) is 97.9 cm³/mol. The number of ether oxygens (including phenoxy) is 5. The van der Waals surface area contributed by atoms with Gasteiger partial charge in [0.05, 0.1) is 28.4 Å². The van der Waals surface area contributed by atoms with E-state index in [1.54, 1.807) is 46.6 Å². The number of hydrogen-bond donors (Lipinski definition) is 0. The molecule has 138 valence electrons. The minimum Gasteiger partial charge on any atom is -0.496 e. The summed E-state index contributed by atoms with van der Waals surface area (Å²) in [6.07, 6.45) is 2.94. The Labute approximate surface area is 152 Å². The number of methoxy groups -OCH3 is 4. The molecule has 0 N–H and O–H groups in total. The van der Waals surface area contributed by atoms with Crippen molar-refractivity contribution in [3.63, 3.8) is 0 Å². The first-order chi connectivity index (χ1) is 12.6. The first kappa shape index (κ1) is 19.2. The maximum atomic E-state index is 12.0. The van der Waals surface area contributed by atoms with E-state index in [2.05, 4.69) is 0 Å². The number of para-hydroxylation sites is 1. The molecule has 0 atom stereocenters. The molecule has 0 radical (unpaired) electrons. The molecule has 0 spiro atoms. The highest BCUT2D eigenvalue weighted by Crippen LogP contribution is 2.35. The summed E-state index contributed by atoms with van der Waals surface area (Å²) in [6.45, 7) is 0.121. The third kappa shape index (κ3) is 4.69. The van der Waals surface area contributed by atoms with Crippen LogP contribution in [0.3, 0.4) is 0 Å². The summed E-state index contributed by atoms with van der Waals surface area (Å²) in [6, 6.07) is 10.8. The van der Waals surface area contributed by atoms with E-state index < -0.39 is 5.97 Å². The molecule has 0 heterocycles. The lowest BCUT2D eigenvalue weighted by atomic mass is 10.1. The molecule has 6 nitrogen and oxygen atoms in total. The van der Waals surface area contributed by atoms with Crippen molar-refractivity contribution in [2.24, 2.45) is 0 Å². The second-order valence-electron chi connectivity index (χ2n) is 5.20. The molecular formula is C20H22O6. The monoisotopic (exact) mass is 358 g/mol. The molecule has 0 aliphatic carbocycles. The summed E-state index contributed by atoms with van der Waals surface area (Å²) < 4.78 is 26.3. The van der Waals surface area contributed by atoms with Gasteiger partial charge in [-0.1, -0.05) is 18.2 Å². The van der Waals surface area contributed by atoms with Gasteiger partial charge >= 0.3 is 5.97 Å². The average molecular weight is 358 g/mol. The number of esters is 1. The first-order valence-electron chi connectivity index (χ1n) is 7.89. The van der Waals surface area contributed by atoms with Crippen molar-refractivity contribution in [1.82, 2.24) is 0 Å². The minimum atomic E-state index is -0.479. The lowest BCUT2D eigenvalue weighted by Crippen LogP contribution is -2.02. The summed E-state index contributed by atoms with van der Waals surface area (Å²) in [5.41, 5.74) is 1.46. The Hall–Kier alpha value is -3.15. The van der Waals surface area contributed by atoms with Gasteiger partial charge in [0.2, 0.25) is 0 Å². The van der Waals surface area contributed by atoms with Crippen LogP contribution in [0.4, 0.5) is 0 Å². The Balaban J connectivity index is 2.10. The third-order valence-corrected chi connectivity index (χ3v) is 3.70. The van der Waals surface area contributed by atoms with Crippen LogP contribution in [-0.4, -0.2) is 34.4 Å². The van der Waals surface area contributed by atoms with Crippen LogP contribution in [-0.2, 0) is 16.1 Å². The van der Waals surface area contributed by atoms with Gasteiger partial charge in [0.25, 0.3) is 0 Å². The fraction of sp³-hybridized carbons (Fsp3) is 0.250. The predicted octanol–water partition coefficient (Wildman–Crippen LogP) is 3.48. The number of hydrogen-bond acceptors (Lipinski definition) is 6.